The highest BCUT2D eigenvalue weighted by molar-refractivity contribution is 6.06. The summed E-state index contributed by atoms with van der Waals surface area (Å²) in [5.41, 5.74) is 7.60. The van der Waals surface area contributed by atoms with Crippen molar-refractivity contribution in [1.29, 1.82) is 0 Å². The molecular weight excluding hydrogens is 410 g/mol. The highest BCUT2D eigenvalue weighted by Gasteiger charge is 2.49. The molecule has 33 heavy (non-hydrogen) atoms. The van der Waals surface area contributed by atoms with E-state index < -0.39 is 0 Å². The third kappa shape index (κ3) is 3.15. The standard InChI is InChI=1S/C27H29N5O/c1-17-12-19-4-5-20-14-27(20,15-22(18-2-3-18)26(19)29-17)23-13-25(33)32-16-21(6-7-24(32)30-23)31-10-8-28-9-11-31/h6-7,12-16,18-19,28H,2-5,8-11H2,1H3. The molecule has 1 N–H and O–H groups in total. The van der Waals surface area contributed by atoms with Crippen LogP contribution in [-0.4, -0.2) is 41.3 Å². The van der Waals surface area contributed by atoms with Gasteiger partial charge in [-0.1, -0.05) is 23.8 Å². The Morgan fingerprint density at radius 1 is 1.12 bits per heavy atom. The summed E-state index contributed by atoms with van der Waals surface area (Å²) < 4.78 is 1.71. The van der Waals surface area contributed by atoms with Crippen LogP contribution in [0.4, 0.5) is 5.69 Å². The van der Waals surface area contributed by atoms with Gasteiger partial charge in [0.1, 0.15) is 5.65 Å². The Bertz CT molecular complexity index is 1350. The molecule has 0 radical (unpaired) electrons. The van der Waals surface area contributed by atoms with E-state index in [2.05, 4.69) is 41.4 Å². The number of hydrogen-bond acceptors (Lipinski definition) is 5. The van der Waals surface area contributed by atoms with Crippen LogP contribution in [0.5, 0.6) is 0 Å². The molecule has 2 unspecified atom stereocenters. The Balaban J connectivity index is 1.30. The van der Waals surface area contributed by atoms with E-state index in [1.54, 1.807) is 10.5 Å². The van der Waals surface area contributed by atoms with Crippen molar-refractivity contribution in [2.75, 3.05) is 31.1 Å². The lowest BCUT2D eigenvalue weighted by molar-refractivity contribution is 0.588. The molecular formula is C27H29N5O. The summed E-state index contributed by atoms with van der Waals surface area (Å²) in [6.07, 6.45) is 13.6. The third-order valence-corrected chi connectivity index (χ3v) is 7.91. The van der Waals surface area contributed by atoms with E-state index in [1.165, 1.54) is 29.7 Å². The van der Waals surface area contributed by atoms with E-state index in [4.69, 9.17) is 9.98 Å². The monoisotopic (exact) mass is 439 g/mol. The number of aromatic nitrogens is 2. The first-order valence-corrected chi connectivity index (χ1v) is 12.3. The smallest absolute Gasteiger partial charge is 0.258 e. The number of aliphatic imine (C=N–C) groups is 1. The van der Waals surface area contributed by atoms with E-state index in [9.17, 15) is 4.79 Å². The van der Waals surface area contributed by atoms with Gasteiger partial charge in [0.15, 0.2) is 0 Å². The fraction of sp³-hybridized carbons (Fsp3) is 0.444. The minimum Gasteiger partial charge on any atom is -0.368 e. The van der Waals surface area contributed by atoms with Crippen LogP contribution in [0, 0.1) is 11.8 Å². The molecule has 7 rings (SSSR count). The van der Waals surface area contributed by atoms with Gasteiger partial charge in [0.25, 0.3) is 5.56 Å². The van der Waals surface area contributed by atoms with Crippen molar-refractivity contribution < 1.29 is 0 Å². The second-order valence-corrected chi connectivity index (χ2v) is 10.2. The molecule has 4 heterocycles. The maximum absolute atomic E-state index is 13.3. The van der Waals surface area contributed by atoms with Crippen molar-refractivity contribution in [3.8, 4) is 0 Å². The first kappa shape index (κ1) is 19.5. The minimum atomic E-state index is -0.299. The summed E-state index contributed by atoms with van der Waals surface area (Å²) in [5, 5.41) is 3.38. The SMILES string of the molecule is CC1=CC2CCC3=CC3(c3cc(=O)n4cc(N5CCNCC5)ccc4n3)C=C(C3CC3)C2=N1. The lowest BCUT2D eigenvalue weighted by atomic mass is 9.81. The molecule has 2 atom stereocenters. The van der Waals surface area contributed by atoms with Crippen molar-refractivity contribution >= 4 is 17.0 Å². The van der Waals surface area contributed by atoms with Crippen LogP contribution >= 0.6 is 0 Å². The fourth-order valence-corrected chi connectivity index (χ4v) is 5.91. The highest BCUT2D eigenvalue weighted by atomic mass is 16.1. The van der Waals surface area contributed by atoms with Gasteiger partial charge in [-0.2, -0.15) is 0 Å². The number of fused-ring (bicyclic) bond motifs is 3. The largest absolute Gasteiger partial charge is 0.368 e. The summed E-state index contributed by atoms with van der Waals surface area (Å²) in [6, 6.07) is 5.86. The predicted molar refractivity (Wildman–Crippen MR) is 131 cm³/mol. The summed E-state index contributed by atoms with van der Waals surface area (Å²) in [7, 11) is 0. The van der Waals surface area contributed by atoms with Gasteiger partial charge < -0.3 is 10.2 Å². The molecule has 3 aliphatic carbocycles. The van der Waals surface area contributed by atoms with Crippen LogP contribution in [0.1, 0.15) is 38.3 Å². The van der Waals surface area contributed by atoms with E-state index in [0.29, 0.717) is 11.8 Å². The van der Waals surface area contributed by atoms with Gasteiger partial charge in [-0.15, -0.1) is 0 Å². The summed E-state index contributed by atoms with van der Waals surface area (Å²) >= 11 is 0. The number of pyridine rings is 1. The molecule has 2 aliphatic heterocycles. The first-order valence-electron chi connectivity index (χ1n) is 12.3. The Kier molecular flexibility index (Phi) is 4.13. The van der Waals surface area contributed by atoms with Crippen molar-refractivity contribution in [3.05, 3.63) is 75.5 Å². The Labute approximate surface area is 193 Å². The maximum atomic E-state index is 13.3. The first-order chi connectivity index (χ1) is 16.1. The second-order valence-electron chi connectivity index (χ2n) is 10.2. The number of piperazine rings is 1. The Morgan fingerprint density at radius 3 is 2.79 bits per heavy atom. The van der Waals surface area contributed by atoms with Crippen LogP contribution in [0.25, 0.3) is 5.65 Å². The van der Waals surface area contributed by atoms with E-state index in [0.717, 1.165) is 61.7 Å². The molecule has 6 nitrogen and oxygen atoms in total. The molecule has 0 aromatic carbocycles. The lowest BCUT2D eigenvalue weighted by Gasteiger charge is -2.29. The lowest BCUT2D eigenvalue weighted by Crippen LogP contribution is -2.43. The number of anilines is 1. The van der Waals surface area contributed by atoms with Crippen LogP contribution in [0.3, 0.4) is 0 Å². The van der Waals surface area contributed by atoms with E-state index >= 15 is 0 Å². The van der Waals surface area contributed by atoms with Crippen molar-refractivity contribution in [1.82, 2.24) is 14.7 Å². The van der Waals surface area contributed by atoms with Gasteiger partial charge in [0.2, 0.25) is 0 Å². The molecule has 2 aromatic rings. The van der Waals surface area contributed by atoms with Crippen molar-refractivity contribution in [2.45, 2.75) is 38.0 Å². The molecule has 2 aromatic heterocycles. The third-order valence-electron chi connectivity index (χ3n) is 7.91. The Hall–Kier alpha value is -2.99. The van der Waals surface area contributed by atoms with Crippen LogP contribution in [-0.2, 0) is 5.41 Å². The van der Waals surface area contributed by atoms with Crippen LogP contribution < -0.4 is 15.8 Å². The van der Waals surface area contributed by atoms with Gasteiger partial charge >= 0.3 is 0 Å². The van der Waals surface area contributed by atoms with Gasteiger partial charge in [0, 0.05) is 50.1 Å². The topological polar surface area (TPSA) is 62.0 Å². The van der Waals surface area contributed by atoms with Crippen LogP contribution in [0.15, 0.2) is 69.3 Å². The fourth-order valence-electron chi connectivity index (χ4n) is 5.91. The molecule has 5 aliphatic rings. The minimum absolute atomic E-state index is 0.00182. The van der Waals surface area contributed by atoms with Gasteiger partial charge in [-0.05, 0) is 56.2 Å². The molecule has 0 bridgehead atoms. The summed E-state index contributed by atoms with van der Waals surface area (Å²) in [4.78, 5) is 25.6. The highest BCUT2D eigenvalue weighted by Crippen LogP contribution is 2.55. The molecule has 2 fully saturated rings. The number of nitrogens with zero attached hydrogens (tertiary/aromatic N) is 4. The second kappa shape index (κ2) is 7.00. The quantitative estimate of drug-likeness (QED) is 0.745. The molecule has 0 spiro atoms. The zero-order valence-corrected chi connectivity index (χ0v) is 19.1. The van der Waals surface area contributed by atoms with Gasteiger partial charge in [-0.3, -0.25) is 14.2 Å². The average molecular weight is 440 g/mol. The average Bonchev–Trinajstić information content (AvgIpc) is 3.74. The number of nitrogens with one attached hydrogen (secondary N) is 1. The normalized spacial score (nSPS) is 28.8. The molecule has 168 valence electrons. The Morgan fingerprint density at radius 2 is 1.97 bits per heavy atom. The zero-order chi connectivity index (χ0) is 22.2. The van der Waals surface area contributed by atoms with Crippen LogP contribution in [0.2, 0.25) is 0 Å². The van der Waals surface area contributed by atoms with Gasteiger partial charge in [0.05, 0.1) is 22.5 Å². The van der Waals surface area contributed by atoms with Gasteiger partial charge in [-0.25, -0.2) is 4.98 Å². The molecule has 1 saturated carbocycles. The summed E-state index contributed by atoms with van der Waals surface area (Å²) in [6.45, 7) is 5.96. The predicted octanol–water partition coefficient (Wildman–Crippen LogP) is 3.39. The molecule has 1 saturated heterocycles. The van der Waals surface area contributed by atoms with Crippen molar-refractivity contribution in [2.24, 2.45) is 16.8 Å². The maximum Gasteiger partial charge on any atom is 0.258 e. The van der Waals surface area contributed by atoms with E-state index in [-0.39, 0.29) is 11.0 Å². The number of allylic oxidation sites excluding steroid dienone is 6. The van der Waals surface area contributed by atoms with E-state index in [1.807, 2.05) is 12.3 Å². The number of hydrogen-bond donors (Lipinski definition) is 1. The number of rotatable bonds is 3. The molecule has 0 amide bonds. The molecule has 6 heteroatoms. The zero-order valence-electron chi connectivity index (χ0n) is 19.1. The van der Waals surface area contributed by atoms with Crippen molar-refractivity contribution in [3.63, 3.8) is 0 Å². The summed E-state index contributed by atoms with van der Waals surface area (Å²) in [5.74, 6) is 1.05.